The van der Waals surface area contributed by atoms with Crippen molar-refractivity contribution in [2.24, 2.45) is 0 Å². The van der Waals surface area contributed by atoms with E-state index in [-0.39, 0.29) is 25.8 Å². The Kier molecular flexibility index (Phi) is 26.7. The molecule has 41 heavy (non-hydrogen) atoms. The number of hydrogen-bond donors (Lipinski definition) is 1. The summed E-state index contributed by atoms with van der Waals surface area (Å²) in [7, 11) is 1.67. The van der Waals surface area contributed by atoms with Crippen LogP contribution in [0.4, 0.5) is 0 Å². The molecule has 246 valence electrons. The number of likely N-dealkylation sites (N-methyl/N-ethyl adjacent to an activating group) is 1. The summed E-state index contributed by atoms with van der Waals surface area (Å²) in [6, 6.07) is 0. The molecule has 0 aromatic carbocycles. The van der Waals surface area contributed by atoms with Gasteiger partial charge in [0.05, 0.1) is 34.4 Å². The van der Waals surface area contributed by atoms with Crippen LogP contribution < -0.4 is 0 Å². The standard InChI is InChI=1S/C32H66NO7P/c1-6-8-10-12-14-16-17-18-20-22-24-27-37-29-31(30-39-41(35,36)38-28-26-33(3,4)5)40-32(34)25-23-21-19-15-13-11-9-7-2/h31H,6-30H2,1-5H3/p+1. The van der Waals surface area contributed by atoms with Gasteiger partial charge in [0.25, 0.3) is 0 Å². The second-order valence-corrected chi connectivity index (χ2v) is 14.0. The van der Waals surface area contributed by atoms with E-state index in [2.05, 4.69) is 13.8 Å². The quantitative estimate of drug-likeness (QED) is 0.0365. The molecule has 0 aromatic heterocycles. The van der Waals surface area contributed by atoms with Crippen molar-refractivity contribution < 1.29 is 37.3 Å². The number of ether oxygens (including phenoxy) is 2. The van der Waals surface area contributed by atoms with Gasteiger partial charge in [-0.2, -0.15) is 0 Å². The first-order valence-electron chi connectivity index (χ1n) is 16.8. The second kappa shape index (κ2) is 27.1. The van der Waals surface area contributed by atoms with Crippen LogP contribution in [0.25, 0.3) is 0 Å². The molecule has 0 rings (SSSR count). The van der Waals surface area contributed by atoms with Crippen LogP contribution in [0.15, 0.2) is 0 Å². The van der Waals surface area contributed by atoms with Gasteiger partial charge in [-0.25, -0.2) is 4.57 Å². The predicted octanol–water partition coefficient (Wildman–Crippen LogP) is 8.60. The maximum absolute atomic E-state index is 12.5. The molecule has 0 heterocycles. The van der Waals surface area contributed by atoms with E-state index in [0.717, 1.165) is 32.1 Å². The first-order valence-corrected chi connectivity index (χ1v) is 18.3. The molecule has 2 unspecified atom stereocenters. The van der Waals surface area contributed by atoms with E-state index < -0.39 is 13.9 Å². The number of carbonyl (C=O) groups excluding carboxylic acids is 1. The Bertz CT molecular complexity index is 642. The summed E-state index contributed by atoms with van der Waals surface area (Å²) in [4.78, 5) is 22.5. The minimum absolute atomic E-state index is 0.0928. The highest BCUT2D eigenvalue weighted by atomic mass is 31.2. The molecule has 0 fully saturated rings. The Morgan fingerprint density at radius 2 is 1.12 bits per heavy atom. The lowest BCUT2D eigenvalue weighted by molar-refractivity contribution is -0.870. The first kappa shape index (κ1) is 40.5. The molecule has 0 saturated heterocycles. The fourth-order valence-corrected chi connectivity index (χ4v) is 5.23. The van der Waals surface area contributed by atoms with Gasteiger partial charge in [0, 0.05) is 13.0 Å². The summed E-state index contributed by atoms with van der Waals surface area (Å²) in [5.74, 6) is -0.318. The Morgan fingerprint density at radius 3 is 1.61 bits per heavy atom. The number of phosphoric acid groups is 1. The van der Waals surface area contributed by atoms with Crippen molar-refractivity contribution in [2.45, 2.75) is 148 Å². The zero-order valence-corrected chi connectivity index (χ0v) is 28.4. The van der Waals surface area contributed by atoms with Gasteiger partial charge in [-0.1, -0.05) is 123 Å². The van der Waals surface area contributed by atoms with E-state index in [0.29, 0.717) is 24.1 Å². The highest BCUT2D eigenvalue weighted by molar-refractivity contribution is 7.47. The van der Waals surface area contributed by atoms with Crippen molar-refractivity contribution in [3.8, 4) is 0 Å². The van der Waals surface area contributed by atoms with Gasteiger partial charge in [-0.15, -0.1) is 0 Å². The Morgan fingerprint density at radius 1 is 0.659 bits per heavy atom. The fourth-order valence-electron chi connectivity index (χ4n) is 4.49. The Labute approximate surface area is 253 Å². The number of quaternary nitrogens is 1. The van der Waals surface area contributed by atoms with Crippen molar-refractivity contribution in [1.29, 1.82) is 0 Å². The predicted molar refractivity (Wildman–Crippen MR) is 169 cm³/mol. The fraction of sp³-hybridized carbons (Fsp3) is 0.969. The number of carbonyl (C=O) groups is 1. The van der Waals surface area contributed by atoms with Gasteiger partial charge >= 0.3 is 13.8 Å². The van der Waals surface area contributed by atoms with Crippen LogP contribution in [0.1, 0.15) is 142 Å². The molecule has 0 aliphatic carbocycles. The maximum atomic E-state index is 12.5. The summed E-state index contributed by atoms with van der Waals surface area (Å²) in [6.45, 7) is 5.59. The van der Waals surface area contributed by atoms with Gasteiger partial charge in [0.2, 0.25) is 0 Å². The van der Waals surface area contributed by atoms with Gasteiger partial charge in [0.15, 0.2) is 0 Å². The van der Waals surface area contributed by atoms with Crippen LogP contribution in [-0.4, -0.2) is 75.6 Å². The third-order valence-corrected chi connectivity index (χ3v) is 8.15. The molecular formula is C32H67NO7P+. The average Bonchev–Trinajstić information content (AvgIpc) is 2.90. The van der Waals surface area contributed by atoms with Gasteiger partial charge in [-0.3, -0.25) is 13.8 Å². The molecule has 0 amide bonds. The van der Waals surface area contributed by atoms with E-state index in [9.17, 15) is 14.3 Å². The molecule has 1 N–H and O–H groups in total. The maximum Gasteiger partial charge on any atom is 0.472 e. The lowest BCUT2D eigenvalue weighted by atomic mass is 10.1. The Balaban J connectivity index is 4.33. The van der Waals surface area contributed by atoms with Crippen LogP contribution in [-0.2, 0) is 27.9 Å². The molecule has 8 nitrogen and oxygen atoms in total. The average molecular weight is 609 g/mol. The van der Waals surface area contributed by atoms with E-state index in [1.807, 2.05) is 21.1 Å². The number of rotatable bonds is 31. The van der Waals surface area contributed by atoms with Crippen LogP contribution in [0.3, 0.4) is 0 Å². The zero-order valence-electron chi connectivity index (χ0n) is 27.5. The van der Waals surface area contributed by atoms with Crippen LogP contribution in [0, 0.1) is 0 Å². The van der Waals surface area contributed by atoms with Gasteiger partial charge < -0.3 is 18.9 Å². The summed E-state index contributed by atoms with van der Waals surface area (Å²) >= 11 is 0. The lowest BCUT2D eigenvalue weighted by Gasteiger charge is -2.24. The van der Waals surface area contributed by atoms with Crippen LogP contribution in [0.2, 0.25) is 0 Å². The SMILES string of the molecule is CCCCCCCCCCCCCOCC(COP(=O)(O)OCC[N+](C)(C)C)OC(=O)CCCCCCCCCC. The highest BCUT2D eigenvalue weighted by Crippen LogP contribution is 2.43. The number of nitrogens with zero attached hydrogens (tertiary/aromatic N) is 1. The van der Waals surface area contributed by atoms with E-state index >= 15 is 0 Å². The molecular weight excluding hydrogens is 541 g/mol. The third-order valence-electron chi connectivity index (χ3n) is 7.17. The van der Waals surface area contributed by atoms with Crippen molar-refractivity contribution in [3.63, 3.8) is 0 Å². The van der Waals surface area contributed by atoms with E-state index in [1.54, 1.807) is 0 Å². The molecule has 0 aromatic rings. The Hall–Kier alpha value is -0.500. The normalized spacial score (nSPS) is 14.2. The van der Waals surface area contributed by atoms with Crippen molar-refractivity contribution >= 4 is 13.8 Å². The van der Waals surface area contributed by atoms with Gasteiger partial charge in [0.1, 0.15) is 19.3 Å². The number of unbranched alkanes of at least 4 members (excludes halogenated alkanes) is 17. The molecule has 2 atom stereocenters. The van der Waals surface area contributed by atoms with Crippen molar-refractivity contribution in [1.82, 2.24) is 0 Å². The summed E-state index contributed by atoms with van der Waals surface area (Å²) in [5, 5.41) is 0. The summed E-state index contributed by atoms with van der Waals surface area (Å²) < 4.78 is 34.6. The van der Waals surface area contributed by atoms with E-state index in [4.69, 9.17) is 18.5 Å². The van der Waals surface area contributed by atoms with Gasteiger partial charge in [-0.05, 0) is 12.8 Å². The zero-order chi connectivity index (χ0) is 30.7. The second-order valence-electron chi connectivity index (χ2n) is 12.6. The number of hydrogen-bond acceptors (Lipinski definition) is 6. The smallest absolute Gasteiger partial charge is 0.457 e. The molecule has 0 aliphatic heterocycles. The first-order chi connectivity index (χ1) is 19.6. The largest absolute Gasteiger partial charge is 0.472 e. The molecule has 0 spiro atoms. The topological polar surface area (TPSA) is 91.3 Å². The lowest BCUT2D eigenvalue weighted by Crippen LogP contribution is -2.37. The molecule has 0 radical (unpaired) electrons. The monoisotopic (exact) mass is 608 g/mol. The van der Waals surface area contributed by atoms with Crippen molar-refractivity contribution in [2.75, 3.05) is 54.1 Å². The molecule has 0 aliphatic rings. The summed E-state index contributed by atoms with van der Waals surface area (Å²) in [6.07, 6.45) is 22.7. The van der Waals surface area contributed by atoms with Crippen LogP contribution >= 0.6 is 7.82 Å². The van der Waals surface area contributed by atoms with Crippen molar-refractivity contribution in [3.05, 3.63) is 0 Å². The molecule has 9 heteroatoms. The minimum Gasteiger partial charge on any atom is -0.457 e. The van der Waals surface area contributed by atoms with E-state index in [1.165, 1.54) is 89.9 Å². The molecule has 0 bridgehead atoms. The number of phosphoric ester groups is 1. The highest BCUT2D eigenvalue weighted by Gasteiger charge is 2.26. The molecule has 0 saturated carbocycles. The minimum atomic E-state index is -4.25. The van der Waals surface area contributed by atoms with Crippen LogP contribution in [0.5, 0.6) is 0 Å². The summed E-state index contributed by atoms with van der Waals surface area (Å²) in [5.41, 5.74) is 0. The third kappa shape index (κ3) is 30.8. The number of esters is 1.